The molecule has 1 amide bonds. The first kappa shape index (κ1) is 25.6. The Morgan fingerprint density at radius 2 is 1.77 bits per heavy atom. The molecule has 0 spiro atoms. The Labute approximate surface area is 236 Å². The highest BCUT2D eigenvalue weighted by molar-refractivity contribution is 6.30. The summed E-state index contributed by atoms with van der Waals surface area (Å²) in [5, 5.41) is 15.2. The number of nitrogens with zero attached hydrogens (tertiary/aromatic N) is 3. The zero-order valence-corrected chi connectivity index (χ0v) is 22.3. The summed E-state index contributed by atoms with van der Waals surface area (Å²) in [5.41, 5.74) is 2.72. The molecule has 1 N–H and O–H groups in total. The van der Waals surface area contributed by atoms with Crippen molar-refractivity contribution in [2.24, 2.45) is 5.92 Å². The number of hydrogen-bond donors (Lipinski definition) is 1. The average molecular weight is 552 g/mol. The smallest absolute Gasteiger partial charge is 0.357 e. The third-order valence-electron chi connectivity index (χ3n) is 7.27. The summed E-state index contributed by atoms with van der Waals surface area (Å²) in [6.07, 6.45) is 8.12. The summed E-state index contributed by atoms with van der Waals surface area (Å²) >= 11 is 6.08. The lowest BCUT2D eigenvalue weighted by Crippen LogP contribution is -2.41. The van der Waals surface area contributed by atoms with Crippen LogP contribution in [0.4, 0.5) is 0 Å². The molecule has 1 unspecified atom stereocenters. The van der Waals surface area contributed by atoms with E-state index in [1.54, 1.807) is 65.6 Å². The molecule has 1 aromatic heterocycles. The quantitative estimate of drug-likeness (QED) is 0.278. The lowest BCUT2D eigenvalue weighted by atomic mass is 9.85. The highest BCUT2D eigenvalue weighted by Gasteiger charge is 2.34. The lowest BCUT2D eigenvalue weighted by molar-refractivity contribution is 0.0689. The molecule has 1 saturated heterocycles. The van der Waals surface area contributed by atoms with E-state index in [0.29, 0.717) is 52.3 Å². The number of carboxylic acids is 1. The fraction of sp³-hybridized carbons (Fsp3) is 0.156. The lowest BCUT2D eigenvalue weighted by Gasteiger charge is -2.35. The van der Waals surface area contributed by atoms with E-state index in [-0.39, 0.29) is 17.3 Å². The van der Waals surface area contributed by atoms with Crippen molar-refractivity contribution in [3.63, 3.8) is 0 Å². The Kier molecular flexibility index (Phi) is 6.97. The molecule has 3 aromatic carbocycles. The molecule has 1 atom stereocenters. The van der Waals surface area contributed by atoms with Gasteiger partial charge in [0, 0.05) is 23.7 Å². The van der Waals surface area contributed by atoms with Gasteiger partial charge in [0.25, 0.3) is 5.91 Å². The standard InChI is InChI=1S/C32H26ClN3O4/c33-24-11-6-12-27(19-24)40-26-15-13-25(14-16-26)36-30(28(29(34-36)32(38)39)22-8-2-1-3-9-22)31(37)35-18-17-21-7-4-5-10-23(21)20-35/h1-6,8-16,19,21H,7,17-18,20H2,(H,38,39). The molecule has 0 saturated carbocycles. The SMILES string of the molecule is O=C(O)c1nn(-c2ccc(Oc3cccc(Cl)c3)cc2)c(C(=O)N2CCC3CC=CC=C3C2)c1-c1ccccc1. The number of aromatic nitrogens is 2. The van der Waals surface area contributed by atoms with Crippen LogP contribution >= 0.6 is 11.6 Å². The van der Waals surface area contributed by atoms with Crippen LogP contribution in [-0.4, -0.2) is 44.8 Å². The molecule has 6 rings (SSSR count). The molecule has 40 heavy (non-hydrogen) atoms. The molecule has 2 heterocycles. The highest BCUT2D eigenvalue weighted by Crippen LogP contribution is 2.35. The van der Waals surface area contributed by atoms with Crippen LogP contribution in [0.2, 0.25) is 5.02 Å². The number of hydrogen-bond acceptors (Lipinski definition) is 4. The molecule has 1 aliphatic heterocycles. The maximum atomic E-state index is 14.2. The number of ether oxygens (including phenoxy) is 1. The first-order valence-electron chi connectivity index (χ1n) is 13.1. The number of carbonyl (C=O) groups excluding carboxylic acids is 1. The van der Waals surface area contributed by atoms with Gasteiger partial charge in [0.15, 0.2) is 5.69 Å². The number of rotatable bonds is 6. The number of amides is 1. The van der Waals surface area contributed by atoms with Crippen molar-refractivity contribution < 1.29 is 19.4 Å². The molecule has 4 aromatic rings. The number of benzene rings is 3. The zero-order chi connectivity index (χ0) is 27.6. The van der Waals surface area contributed by atoms with Gasteiger partial charge in [-0.2, -0.15) is 5.10 Å². The maximum Gasteiger partial charge on any atom is 0.357 e. The minimum Gasteiger partial charge on any atom is -0.476 e. The van der Waals surface area contributed by atoms with E-state index in [1.807, 2.05) is 24.3 Å². The van der Waals surface area contributed by atoms with Crippen molar-refractivity contribution in [2.75, 3.05) is 13.1 Å². The number of allylic oxidation sites excluding steroid dienone is 3. The van der Waals surface area contributed by atoms with E-state index >= 15 is 0 Å². The normalized spacial score (nSPS) is 16.3. The van der Waals surface area contributed by atoms with Gasteiger partial charge in [-0.25, -0.2) is 9.48 Å². The Balaban J connectivity index is 1.42. The second kappa shape index (κ2) is 10.9. The van der Waals surface area contributed by atoms with E-state index in [2.05, 4.69) is 17.3 Å². The second-order valence-electron chi connectivity index (χ2n) is 9.83. The molecule has 0 radical (unpaired) electrons. The van der Waals surface area contributed by atoms with Crippen molar-refractivity contribution in [2.45, 2.75) is 12.8 Å². The predicted octanol–water partition coefficient (Wildman–Crippen LogP) is 7.03. The molecule has 8 heteroatoms. The van der Waals surface area contributed by atoms with Crippen molar-refractivity contribution in [3.8, 4) is 28.3 Å². The average Bonchev–Trinajstić information content (AvgIpc) is 3.38. The van der Waals surface area contributed by atoms with E-state index < -0.39 is 5.97 Å². The van der Waals surface area contributed by atoms with Gasteiger partial charge in [-0.15, -0.1) is 0 Å². The van der Waals surface area contributed by atoms with E-state index in [1.165, 1.54) is 10.3 Å². The highest BCUT2D eigenvalue weighted by atomic mass is 35.5. The molecule has 7 nitrogen and oxygen atoms in total. The van der Waals surface area contributed by atoms with Crippen LogP contribution in [-0.2, 0) is 0 Å². The summed E-state index contributed by atoms with van der Waals surface area (Å²) in [7, 11) is 0. The maximum absolute atomic E-state index is 14.2. The summed E-state index contributed by atoms with van der Waals surface area (Å²) in [6, 6.07) is 23.2. The molecule has 1 aliphatic carbocycles. The predicted molar refractivity (Wildman–Crippen MR) is 153 cm³/mol. The molecular weight excluding hydrogens is 526 g/mol. The van der Waals surface area contributed by atoms with Crippen LogP contribution < -0.4 is 4.74 Å². The Morgan fingerprint density at radius 1 is 0.975 bits per heavy atom. The minimum atomic E-state index is -1.20. The van der Waals surface area contributed by atoms with Crippen LogP contribution in [0.15, 0.2) is 103 Å². The number of fused-ring (bicyclic) bond motifs is 1. The fourth-order valence-corrected chi connectivity index (χ4v) is 5.47. The fourth-order valence-electron chi connectivity index (χ4n) is 5.29. The van der Waals surface area contributed by atoms with Gasteiger partial charge in [0.1, 0.15) is 17.2 Å². The number of carbonyl (C=O) groups is 2. The molecular formula is C32H26ClN3O4. The third kappa shape index (κ3) is 5.03. The summed E-state index contributed by atoms with van der Waals surface area (Å²) in [5.74, 6) is 0.129. The van der Waals surface area contributed by atoms with Gasteiger partial charge in [0.05, 0.1) is 5.69 Å². The minimum absolute atomic E-state index is 0.177. The van der Waals surface area contributed by atoms with Crippen molar-refractivity contribution in [1.29, 1.82) is 0 Å². The van der Waals surface area contributed by atoms with Crippen molar-refractivity contribution >= 4 is 23.5 Å². The molecule has 2 aliphatic rings. The monoisotopic (exact) mass is 551 g/mol. The van der Waals surface area contributed by atoms with Gasteiger partial charge in [-0.1, -0.05) is 66.2 Å². The summed E-state index contributed by atoms with van der Waals surface area (Å²) in [4.78, 5) is 28.4. The Morgan fingerprint density at radius 3 is 2.52 bits per heavy atom. The van der Waals surface area contributed by atoms with Crippen molar-refractivity contribution in [3.05, 3.63) is 119 Å². The van der Waals surface area contributed by atoms with Crippen LogP contribution in [0.1, 0.15) is 33.8 Å². The van der Waals surface area contributed by atoms with E-state index in [9.17, 15) is 14.7 Å². The summed E-state index contributed by atoms with van der Waals surface area (Å²) < 4.78 is 7.36. The van der Waals surface area contributed by atoms with Gasteiger partial charge < -0.3 is 14.7 Å². The second-order valence-corrected chi connectivity index (χ2v) is 10.3. The van der Waals surface area contributed by atoms with Gasteiger partial charge in [-0.3, -0.25) is 4.79 Å². The van der Waals surface area contributed by atoms with Crippen LogP contribution in [0.5, 0.6) is 11.5 Å². The Bertz CT molecular complexity index is 1640. The van der Waals surface area contributed by atoms with Gasteiger partial charge in [-0.05, 0) is 72.4 Å². The Hall–Kier alpha value is -4.62. The summed E-state index contributed by atoms with van der Waals surface area (Å²) in [6.45, 7) is 1.09. The number of piperidine rings is 1. The van der Waals surface area contributed by atoms with Gasteiger partial charge >= 0.3 is 5.97 Å². The molecule has 1 fully saturated rings. The van der Waals surface area contributed by atoms with E-state index in [4.69, 9.17) is 16.3 Å². The van der Waals surface area contributed by atoms with Crippen LogP contribution in [0, 0.1) is 5.92 Å². The molecule has 200 valence electrons. The number of aromatic carboxylic acids is 1. The topological polar surface area (TPSA) is 84.7 Å². The molecule has 0 bridgehead atoms. The van der Waals surface area contributed by atoms with E-state index in [0.717, 1.165) is 12.8 Å². The van der Waals surface area contributed by atoms with Gasteiger partial charge in [0.2, 0.25) is 0 Å². The first-order chi connectivity index (χ1) is 19.5. The number of likely N-dealkylation sites (tertiary alicyclic amines) is 1. The third-order valence-corrected chi connectivity index (χ3v) is 7.50. The number of halogens is 1. The van der Waals surface area contributed by atoms with Crippen molar-refractivity contribution in [1.82, 2.24) is 14.7 Å². The van der Waals surface area contributed by atoms with Crippen LogP contribution in [0.3, 0.4) is 0 Å². The largest absolute Gasteiger partial charge is 0.476 e. The first-order valence-corrected chi connectivity index (χ1v) is 13.5. The zero-order valence-electron chi connectivity index (χ0n) is 21.5. The number of carboxylic acid groups (broad SMARTS) is 1. The van der Waals surface area contributed by atoms with Crippen LogP contribution in [0.25, 0.3) is 16.8 Å².